The molecule has 8 nitrogen and oxygen atoms in total. The predicted molar refractivity (Wildman–Crippen MR) is 120 cm³/mol. The number of carbonyl (C=O) groups excluding carboxylic acids is 1. The molecule has 0 radical (unpaired) electrons. The van der Waals surface area contributed by atoms with Crippen molar-refractivity contribution in [3.63, 3.8) is 0 Å². The Hall–Kier alpha value is -3.13. The van der Waals surface area contributed by atoms with Gasteiger partial charge in [-0.05, 0) is 45.1 Å². The van der Waals surface area contributed by atoms with E-state index in [-0.39, 0.29) is 12.0 Å². The van der Waals surface area contributed by atoms with Crippen LogP contribution < -0.4 is 14.8 Å². The van der Waals surface area contributed by atoms with Gasteiger partial charge in [-0.2, -0.15) is 0 Å². The molecule has 3 aromatic heterocycles. The number of amides is 1. The summed E-state index contributed by atoms with van der Waals surface area (Å²) in [6.45, 7) is 3.92. The summed E-state index contributed by atoms with van der Waals surface area (Å²) in [5, 5.41) is 2.95. The third kappa shape index (κ3) is 4.41. The number of hydrogen-bond donors (Lipinski definition) is 1. The highest BCUT2D eigenvalue weighted by atomic mass is 16.5. The molecule has 1 aliphatic carbocycles. The van der Waals surface area contributed by atoms with Gasteiger partial charge in [-0.25, -0.2) is 9.97 Å². The van der Waals surface area contributed by atoms with Crippen LogP contribution in [0.1, 0.15) is 61.1 Å². The molecule has 5 rings (SSSR count). The molecule has 1 saturated heterocycles. The molecule has 1 aliphatic heterocycles. The van der Waals surface area contributed by atoms with Crippen LogP contribution in [0.25, 0.3) is 5.65 Å². The molecule has 32 heavy (non-hydrogen) atoms. The van der Waals surface area contributed by atoms with Crippen molar-refractivity contribution in [2.75, 3.05) is 25.1 Å². The van der Waals surface area contributed by atoms with Crippen LogP contribution in [0, 0.1) is 0 Å². The van der Waals surface area contributed by atoms with E-state index >= 15 is 0 Å². The molecule has 0 atom stereocenters. The molecule has 0 unspecified atom stereocenters. The molecule has 3 aromatic rings. The third-order valence-electron chi connectivity index (χ3n) is 6.06. The Morgan fingerprint density at radius 2 is 2.03 bits per heavy atom. The van der Waals surface area contributed by atoms with Crippen molar-refractivity contribution in [3.8, 4) is 11.6 Å². The average Bonchev–Trinajstić information content (AvgIpc) is 3.20. The Kier molecular flexibility index (Phi) is 5.94. The molecule has 1 N–H and O–H groups in total. The molecule has 1 saturated carbocycles. The smallest absolute Gasteiger partial charge is 0.274 e. The number of hydrogen-bond acceptors (Lipinski definition) is 6. The summed E-state index contributed by atoms with van der Waals surface area (Å²) < 4.78 is 19.0. The van der Waals surface area contributed by atoms with E-state index in [4.69, 9.17) is 19.2 Å². The number of pyridine rings is 2. The Bertz CT molecular complexity index is 1100. The average molecular weight is 437 g/mol. The predicted octanol–water partition coefficient (Wildman–Crippen LogP) is 4.21. The maximum absolute atomic E-state index is 13.0. The molecule has 168 valence electrons. The fourth-order valence-electron chi connectivity index (χ4n) is 4.05. The SMILES string of the molecule is CCOc1cc2nc(C3CCOCC3)cn2cc1NC(=O)c1cccc(OC2CCC2)n1. The summed E-state index contributed by atoms with van der Waals surface area (Å²) in [5.41, 5.74) is 2.72. The molecule has 1 amide bonds. The van der Waals surface area contributed by atoms with Crippen LogP contribution in [0.4, 0.5) is 5.69 Å². The van der Waals surface area contributed by atoms with E-state index in [9.17, 15) is 4.79 Å². The highest BCUT2D eigenvalue weighted by molar-refractivity contribution is 6.03. The highest BCUT2D eigenvalue weighted by Gasteiger charge is 2.22. The number of nitrogens with zero attached hydrogens (tertiary/aromatic N) is 3. The maximum atomic E-state index is 13.0. The summed E-state index contributed by atoms with van der Waals surface area (Å²) in [4.78, 5) is 22.1. The van der Waals surface area contributed by atoms with Crippen molar-refractivity contribution < 1.29 is 19.0 Å². The summed E-state index contributed by atoms with van der Waals surface area (Å²) in [7, 11) is 0. The van der Waals surface area contributed by atoms with Crippen LogP contribution in [0.15, 0.2) is 36.7 Å². The molecule has 0 bridgehead atoms. The summed E-state index contributed by atoms with van der Waals surface area (Å²) in [6.07, 6.45) is 9.28. The largest absolute Gasteiger partial charge is 0.491 e. The van der Waals surface area contributed by atoms with E-state index in [2.05, 4.69) is 10.3 Å². The topological polar surface area (TPSA) is 87.0 Å². The van der Waals surface area contributed by atoms with Crippen molar-refractivity contribution in [2.45, 2.75) is 51.0 Å². The number of ether oxygens (including phenoxy) is 3. The number of rotatable bonds is 7. The van der Waals surface area contributed by atoms with Crippen molar-refractivity contribution in [2.24, 2.45) is 0 Å². The Balaban J connectivity index is 1.38. The van der Waals surface area contributed by atoms with Crippen molar-refractivity contribution in [1.82, 2.24) is 14.4 Å². The number of aromatic nitrogens is 3. The second-order valence-corrected chi connectivity index (χ2v) is 8.29. The van der Waals surface area contributed by atoms with Gasteiger partial charge < -0.3 is 23.9 Å². The summed E-state index contributed by atoms with van der Waals surface area (Å²) >= 11 is 0. The number of carbonyl (C=O) groups is 1. The Labute approximate surface area is 186 Å². The minimum Gasteiger partial charge on any atom is -0.491 e. The van der Waals surface area contributed by atoms with Gasteiger partial charge in [0.1, 0.15) is 28.9 Å². The second kappa shape index (κ2) is 9.16. The van der Waals surface area contributed by atoms with Gasteiger partial charge in [0.2, 0.25) is 5.88 Å². The van der Waals surface area contributed by atoms with Crippen LogP contribution in [0.5, 0.6) is 11.6 Å². The second-order valence-electron chi connectivity index (χ2n) is 8.29. The van der Waals surface area contributed by atoms with Gasteiger partial charge in [-0.15, -0.1) is 0 Å². The first-order valence-corrected chi connectivity index (χ1v) is 11.4. The third-order valence-corrected chi connectivity index (χ3v) is 6.06. The van der Waals surface area contributed by atoms with Crippen LogP contribution in [0.3, 0.4) is 0 Å². The Morgan fingerprint density at radius 3 is 2.78 bits per heavy atom. The Morgan fingerprint density at radius 1 is 1.19 bits per heavy atom. The highest BCUT2D eigenvalue weighted by Crippen LogP contribution is 2.31. The zero-order valence-corrected chi connectivity index (χ0v) is 18.3. The monoisotopic (exact) mass is 436 g/mol. The van der Waals surface area contributed by atoms with Crippen molar-refractivity contribution >= 4 is 17.2 Å². The van der Waals surface area contributed by atoms with E-state index in [0.29, 0.717) is 35.5 Å². The number of anilines is 1. The van der Waals surface area contributed by atoms with E-state index in [1.54, 1.807) is 18.2 Å². The summed E-state index contributed by atoms with van der Waals surface area (Å²) in [6, 6.07) is 7.13. The van der Waals surface area contributed by atoms with Gasteiger partial charge >= 0.3 is 0 Å². The first kappa shape index (κ1) is 20.8. The minimum atomic E-state index is -0.311. The van der Waals surface area contributed by atoms with E-state index < -0.39 is 0 Å². The minimum absolute atomic E-state index is 0.207. The van der Waals surface area contributed by atoms with Gasteiger partial charge in [-0.3, -0.25) is 4.79 Å². The summed E-state index contributed by atoms with van der Waals surface area (Å²) in [5.74, 6) is 1.15. The molecule has 8 heteroatoms. The van der Waals surface area contributed by atoms with Crippen molar-refractivity contribution in [1.29, 1.82) is 0 Å². The molecule has 2 aliphatic rings. The van der Waals surface area contributed by atoms with E-state index in [1.165, 1.54) is 6.42 Å². The fourth-order valence-corrected chi connectivity index (χ4v) is 4.05. The zero-order chi connectivity index (χ0) is 21.9. The molecular weight excluding hydrogens is 408 g/mol. The number of imidazole rings is 1. The lowest BCUT2D eigenvalue weighted by atomic mass is 9.96. The van der Waals surface area contributed by atoms with Crippen LogP contribution in [-0.4, -0.2) is 46.2 Å². The van der Waals surface area contributed by atoms with Gasteiger partial charge in [0.25, 0.3) is 5.91 Å². The molecule has 2 fully saturated rings. The normalized spacial score (nSPS) is 17.2. The van der Waals surface area contributed by atoms with Crippen LogP contribution in [0.2, 0.25) is 0 Å². The van der Waals surface area contributed by atoms with Gasteiger partial charge in [-0.1, -0.05) is 6.07 Å². The fraction of sp³-hybridized carbons (Fsp3) is 0.458. The molecule has 0 aromatic carbocycles. The van der Waals surface area contributed by atoms with Gasteiger partial charge in [0, 0.05) is 43.7 Å². The van der Waals surface area contributed by atoms with E-state index in [1.807, 2.05) is 29.8 Å². The first-order chi connectivity index (χ1) is 15.7. The lowest BCUT2D eigenvalue weighted by molar-refractivity contribution is 0.0846. The van der Waals surface area contributed by atoms with Crippen LogP contribution >= 0.6 is 0 Å². The quantitative estimate of drug-likeness (QED) is 0.597. The number of nitrogens with one attached hydrogen (secondary N) is 1. The van der Waals surface area contributed by atoms with Gasteiger partial charge in [0.15, 0.2) is 0 Å². The standard InChI is InChI=1S/C24H28N4O4/c1-2-31-21-13-22-25-19(16-9-11-30-12-10-16)14-28(22)15-20(21)27-24(29)18-7-4-8-23(26-18)32-17-5-3-6-17/h4,7-8,13-17H,2-3,5-6,9-12H2,1H3,(H,27,29). The van der Waals surface area contributed by atoms with Crippen LogP contribution in [-0.2, 0) is 4.74 Å². The lowest BCUT2D eigenvalue weighted by Gasteiger charge is -2.25. The lowest BCUT2D eigenvalue weighted by Crippen LogP contribution is -2.25. The number of fused-ring (bicyclic) bond motifs is 1. The first-order valence-electron chi connectivity index (χ1n) is 11.4. The maximum Gasteiger partial charge on any atom is 0.274 e. The van der Waals surface area contributed by atoms with Crippen molar-refractivity contribution in [3.05, 3.63) is 48.0 Å². The molecule has 0 spiro atoms. The zero-order valence-electron chi connectivity index (χ0n) is 18.3. The van der Waals surface area contributed by atoms with E-state index in [0.717, 1.165) is 50.2 Å². The van der Waals surface area contributed by atoms with Gasteiger partial charge in [0.05, 0.1) is 12.3 Å². The molecular formula is C24H28N4O4. The molecule has 4 heterocycles.